The Hall–Kier alpha value is -4.06. The van der Waals surface area contributed by atoms with Crippen molar-refractivity contribution >= 4 is 23.1 Å². The van der Waals surface area contributed by atoms with Crippen LogP contribution in [0.4, 0.5) is 5.69 Å². The Labute approximate surface area is 218 Å². The maximum Gasteiger partial charge on any atom is 0.300 e. The first-order valence-electron chi connectivity index (χ1n) is 12.6. The molecular formula is C31H33NO5. The maximum absolute atomic E-state index is 13.4. The van der Waals surface area contributed by atoms with Gasteiger partial charge in [0.05, 0.1) is 24.3 Å². The van der Waals surface area contributed by atoms with Gasteiger partial charge in [-0.1, -0.05) is 38.1 Å². The quantitative estimate of drug-likeness (QED) is 0.214. The number of hydrogen-bond donors (Lipinski definition) is 1. The second kappa shape index (κ2) is 10.9. The van der Waals surface area contributed by atoms with E-state index < -0.39 is 17.7 Å². The molecular weight excluding hydrogens is 466 g/mol. The van der Waals surface area contributed by atoms with Crippen LogP contribution < -0.4 is 14.4 Å². The van der Waals surface area contributed by atoms with Crippen LogP contribution in [0.1, 0.15) is 63.3 Å². The molecule has 37 heavy (non-hydrogen) atoms. The van der Waals surface area contributed by atoms with E-state index in [2.05, 4.69) is 13.8 Å². The molecule has 0 radical (unpaired) electrons. The Morgan fingerprint density at radius 2 is 1.46 bits per heavy atom. The van der Waals surface area contributed by atoms with E-state index >= 15 is 0 Å². The number of Topliss-reactive ketones (excluding diaryl/α,β-unsaturated/α-hetero) is 1. The van der Waals surface area contributed by atoms with Gasteiger partial charge in [-0.3, -0.25) is 14.5 Å². The number of ketones is 1. The van der Waals surface area contributed by atoms with Gasteiger partial charge in [-0.15, -0.1) is 0 Å². The van der Waals surface area contributed by atoms with E-state index in [0.717, 1.165) is 5.56 Å². The molecule has 1 atom stereocenters. The normalized spacial score (nSPS) is 17.1. The monoisotopic (exact) mass is 499 g/mol. The Morgan fingerprint density at radius 1 is 0.865 bits per heavy atom. The van der Waals surface area contributed by atoms with Crippen molar-refractivity contribution in [2.75, 3.05) is 11.5 Å². The molecule has 6 heteroatoms. The van der Waals surface area contributed by atoms with Gasteiger partial charge in [0.1, 0.15) is 17.3 Å². The minimum absolute atomic E-state index is 0.00603. The third kappa shape index (κ3) is 5.38. The SMILES string of the molecule is CCOc1ccc(C2/C(=C(\O)c3ccc(OC(C)C)cc3)C(=O)C(=O)N2c2ccc(C(C)C)cc2)cc1. The average molecular weight is 500 g/mol. The van der Waals surface area contributed by atoms with Crippen LogP contribution in [0.15, 0.2) is 78.4 Å². The molecule has 0 bridgehead atoms. The van der Waals surface area contributed by atoms with Gasteiger partial charge >= 0.3 is 0 Å². The molecule has 4 rings (SSSR count). The van der Waals surface area contributed by atoms with E-state index in [1.54, 1.807) is 36.4 Å². The third-order valence-electron chi connectivity index (χ3n) is 6.29. The molecule has 0 aliphatic carbocycles. The summed E-state index contributed by atoms with van der Waals surface area (Å²) in [6, 6.07) is 20.9. The summed E-state index contributed by atoms with van der Waals surface area (Å²) in [6.07, 6.45) is 0.00603. The van der Waals surface area contributed by atoms with Crippen LogP contribution in [-0.2, 0) is 9.59 Å². The minimum Gasteiger partial charge on any atom is -0.507 e. The molecule has 1 aliphatic heterocycles. The van der Waals surface area contributed by atoms with Crippen molar-refractivity contribution in [2.24, 2.45) is 0 Å². The highest BCUT2D eigenvalue weighted by Gasteiger charge is 2.47. The number of hydrogen-bond acceptors (Lipinski definition) is 5. The van der Waals surface area contributed by atoms with Crippen molar-refractivity contribution in [1.29, 1.82) is 0 Å². The van der Waals surface area contributed by atoms with Crippen LogP contribution in [0.2, 0.25) is 0 Å². The van der Waals surface area contributed by atoms with Gasteiger partial charge in [-0.2, -0.15) is 0 Å². The zero-order valence-corrected chi connectivity index (χ0v) is 21.9. The molecule has 1 fully saturated rings. The van der Waals surface area contributed by atoms with E-state index in [4.69, 9.17) is 9.47 Å². The van der Waals surface area contributed by atoms with Crippen LogP contribution in [0.5, 0.6) is 11.5 Å². The molecule has 6 nitrogen and oxygen atoms in total. The number of rotatable bonds is 8. The average Bonchev–Trinajstić information content (AvgIpc) is 3.14. The van der Waals surface area contributed by atoms with E-state index in [-0.39, 0.29) is 17.4 Å². The molecule has 192 valence electrons. The number of anilines is 1. The number of carbonyl (C=O) groups excluding carboxylic acids is 2. The van der Waals surface area contributed by atoms with E-state index in [9.17, 15) is 14.7 Å². The molecule has 3 aromatic carbocycles. The summed E-state index contributed by atoms with van der Waals surface area (Å²) in [5.41, 5.74) is 2.88. The van der Waals surface area contributed by atoms with Gasteiger partial charge in [0.2, 0.25) is 0 Å². The van der Waals surface area contributed by atoms with Crippen molar-refractivity contribution in [1.82, 2.24) is 0 Å². The third-order valence-corrected chi connectivity index (χ3v) is 6.29. The molecule has 3 aromatic rings. The number of benzene rings is 3. The van der Waals surface area contributed by atoms with Gasteiger partial charge in [-0.25, -0.2) is 0 Å². The predicted molar refractivity (Wildman–Crippen MR) is 145 cm³/mol. The smallest absolute Gasteiger partial charge is 0.300 e. The summed E-state index contributed by atoms with van der Waals surface area (Å²) in [7, 11) is 0. The Balaban J connectivity index is 1.83. The van der Waals surface area contributed by atoms with Crippen LogP contribution in [0, 0.1) is 0 Å². The first-order chi connectivity index (χ1) is 17.7. The Bertz CT molecular complexity index is 1290. The van der Waals surface area contributed by atoms with Crippen molar-refractivity contribution < 1.29 is 24.2 Å². The van der Waals surface area contributed by atoms with Crippen LogP contribution in [-0.4, -0.2) is 29.5 Å². The van der Waals surface area contributed by atoms with Gasteiger partial charge in [0.15, 0.2) is 0 Å². The molecule has 1 saturated heterocycles. The van der Waals surface area contributed by atoms with Gasteiger partial charge in [0.25, 0.3) is 11.7 Å². The van der Waals surface area contributed by atoms with Crippen molar-refractivity contribution in [3.05, 3.63) is 95.1 Å². The largest absolute Gasteiger partial charge is 0.507 e. The molecule has 0 aromatic heterocycles. The van der Waals surface area contributed by atoms with Crippen LogP contribution in [0.25, 0.3) is 5.76 Å². The van der Waals surface area contributed by atoms with Gasteiger partial charge in [-0.05, 0) is 86.3 Å². The Morgan fingerprint density at radius 3 is 2.00 bits per heavy atom. The fraction of sp³-hybridized carbons (Fsp3) is 0.290. The van der Waals surface area contributed by atoms with Crippen molar-refractivity contribution in [2.45, 2.75) is 52.7 Å². The molecule has 1 N–H and O–H groups in total. The fourth-order valence-electron chi connectivity index (χ4n) is 4.47. The summed E-state index contributed by atoms with van der Waals surface area (Å²) in [5.74, 6) is 0.0264. The topological polar surface area (TPSA) is 76.1 Å². The highest BCUT2D eigenvalue weighted by molar-refractivity contribution is 6.51. The number of amides is 1. The predicted octanol–water partition coefficient (Wildman–Crippen LogP) is 6.62. The lowest BCUT2D eigenvalue weighted by molar-refractivity contribution is -0.132. The zero-order chi connectivity index (χ0) is 26.7. The number of ether oxygens (including phenoxy) is 2. The first-order valence-corrected chi connectivity index (χ1v) is 12.6. The molecule has 1 aliphatic rings. The highest BCUT2D eigenvalue weighted by atomic mass is 16.5. The van der Waals surface area contributed by atoms with Gasteiger partial charge in [0, 0.05) is 11.3 Å². The molecule has 1 unspecified atom stereocenters. The fourth-order valence-corrected chi connectivity index (χ4v) is 4.47. The molecule has 0 saturated carbocycles. The molecule has 0 spiro atoms. The number of nitrogens with zero attached hydrogens (tertiary/aromatic N) is 1. The molecule has 1 amide bonds. The lowest BCUT2D eigenvalue weighted by Crippen LogP contribution is -2.29. The number of aliphatic hydroxyl groups excluding tert-OH is 1. The summed E-state index contributed by atoms with van der Waals surface area (Å²) in [6.45, 7) is 10.5. The minimum atomic E-state index is -0.799. The van der Waals surface area contributed by atoms with Crippen molar-refractivity contribution in [3.8, 4) is 11.5 Å². The first kappa shape index (κ1) is 26.0. The van der Waals surface area contributed by atoms with E-state index in [0.29, 0.717) is 40.8 Å². The standard InChI is InChI=1S/C31H33NO5/c1-6-36-25-15-9-22(10-16-25)28-27(29(33)23-11-17-26(18-12-23)37-20(4)5)30(34)31(35)32(28)24-13-7-21(8-14-24)19(2)3/h7-20,28,33H,6H2,1-5H3/b29-27+. The number of aliphatic hydroxyl groups is 1. The Kier molecular flexibility index (Phi) is 7.67. The van der Waals surface area contributed by atoms with E-state index in [1.807, 2.05) is 57.2 Å². The zero-order valence-electron chi connectivity index (χ0n) is 21.9. The maximum atomic E-state index is 13.4. The summed E-state index contributed by atoms with van der Waals surface area (Å²) >= 11 is 0. The summed E-state index contributed by atoms with van der Waals surface area (Å²) < 4.78 is 11.3. The molecule has 1 heterocycles. The lowest BCUT2D eigenvalue weighted by Gasteiger charge is -2.26. The summed E-state index contributed by atoms with van der Waals surface area (Å²) in [5, 5.41) is 11.3. The van der Waals surface area contributed by atoms with Gasteiger partial charge < -0.3 is 14.6 Å². The number of carbonyl (C=O) groups is 2. The van der Waals surface area contributed by atoms with Crippen LogP contribution in [0.3, 0.4) is 0 Å². The van der Waals surface area contributed by atoms with Crippen molar-refractivity contribution in [3.63, 3.8) is 0 Å². The highest BCUT2D eigenvalue weighted by Crippen LogP contribution is 2.42. The second-order valence-electron chi connectivity index (χ2n) is 9.61. The second-order valence-corrected chi connectivity index (χ2v) is 9.61. The summed E-state index contributed by atoms with van der Waals surface area (Å²) in [4.78, 5) is 28.2. The van der Waals surface area contributed by atoms with E-state index in [1.165, 1.54) is 4.90 Å². The lowest BCUT2D eigenvalue weighted by atomic mass is 9.95. The van der Waals surface area contributed by atoms with Crippen LogP contribution >= 0.6 is 0 Å².